The summed E-state index contributed by atoms with van der Waals surface area (Å²) in [6, 6.07) is 3.63. The Kier molecular flexibility index (Phi) is 6.49. The van der Waals surface area contributed by atoms with Crippen molar-refractivity contribution in [2.75, 3.05) is 20.2 Å². The first-order valence-electron chi connectivity index (χ1n) is 9.98. The Morgan fingerprint density at radius 1 is 1.09 bits per heavy atom. The van der Waals surface area contributed by atoms with Crippen LogP contribution < -0.4 is 16.0 Å². The highest BCUT2D eigenvalue weighted by Crippen LogP contribution is 2.27. The molecule has 174 valence electrons. The zero-order chi connectivity index (χ0) is 23.8. The van der Waals surface area contributed by atoms with Crippen LogP contribution in [-0.2, 0) is 27.2 Å². The summed E-state index contributed by atoms with van der Waals surface area (Å²) in [5.74, 6) is 0.250. The zero-order valence-electron chi connectivity index (χ0n) is 18.7. The van der Waals surface area contributed by atoms with Crippen LogP contribution in [-0.4, -0.2) is 50.0 Å². The summed E-state index contributed by atoms with van der Waals surface area (Å²) in [6.45, 7) is 3.75. The molecule has 0 atom stereocenters. The minimum atomic E-state index is -4.39. The first kappa shape index (κ1) is 23.6. The second-order valence-corrected chi connectivity index (χ2v) is 8.02. The molecule has 0 amide bonds. The third kappa shape index (κ3) is 4.87. The summed E-state index contributed by atoms with van der Waals surface area (Å²) in [5, 5.41) is 0. The first-order chi connectivity index (χ1) is 14.9. The summed E-state index contributed by atoms with van der Waals surface area (Å²) < 4.78 is 46.5. The molecule has 0 fully saturated rings. The van der Waals surface area contributed by atoms with E-state index in [1.165, 1.54) is 11.6 Å². The van der Waals surface area contributed by atoms with Gasteiger partial charge in [-0.15, -0.1) is 0 Å². The van der Waals surface area contributed by atoms with E-state index < -0.39 is 24.0 Å². The number of likely N-dealkylation sites (N-methyl/N-ethyl adjacent to an activating group) is 1. The molecule has 0 spiro atoms. The average molecular weight is 453 g/mol. The van der Waals surface area contributed by atoms with E-state index in [1.54, 1.807) is 31.8 Å². The Morgan fingerprint density at radius 3 is 2.31 bits per heavy atom. The van der Waals surface area contributed by atoms with Crippen LogP contribution in [0.5, 0.6) is 5.75 Å². The molecule has 0 radical (unpaired) electrons. The van der Waals surface area contributed by atoms with Crippen molar-refractivity contribution in [3.05, 3.63) is 56.0 Å². The number of benzene rings is 1. The van der Waals surface area contributed by atoms with Crippen molar-refractivity contribution in [3.8, 4) is 5.75 Å². The highest BCUT2D eigenvalue weighted by atomic mass is 19.4. The van der Waals surface area contributed by atoms with Gasteiger partial charge in [0.15, 0.2) is 17.8 Å². The number of hydrogen-bond acceptors (Lipinski definition) is 5. The van der Waals surface area contributed by atoms with Gasteiger partial charge in [0.05, 0.1) is 6.33 Å². The van der Waals surface area contributed by atoms with Crippen LogP contribution in [0.25, 0.3) is 11.2 Å². The Hall–Kier alpha value is -3.08. The van der Waals surface area contributed by atoms with Crippen molar-refractivity contribution in [1.29, 1.82) is 0 Å². The SMILES string of the molecule is Cc1cc(CN(C)CCn2cnc3c2c(=O)n(C)c(=O)n3C)cc(C)c1OCC(F)(F)F. The van der Waals surface area contributed by atoms with E-state index in [1.807, 2.05) is 24.1 Å². The zero-order valence-corrected chi connectivity index (χ0v) is 18.7. The number of imidazole rings is 1. The van der Waals surface area contributed by atoms with Gasteiger partial charge >= 0.3 is 11.9 Å². The molecule has 11 heteroatoms. The molecule has 0 aliphatic heterocycles. The highest BCUT2D eigenvalue weighted by Gasteiger charge is 2.29. The topological polar surface area (TPSA) is 74.3 Å². The molecule has 0 bridgehead atoms. The van der Waals surface area contributed by atoms with Gasteiger partial charge in [-0.1, -0.05) is 12.1 Å². The van der Waals surface area contributed by atoms with Gasteiger partial charge in [0.25, 0.3) is 5.56 Å². The van der Waals surface area contributed by atoms with Crippen LogP contribution in [0.3, 0.4) is 0 Å². The minimum absolute atomic E-state index is 0.250. The fraction of sp³-hybridized carbons (Fsp3) is 0.476. The smallest absolute Gasteiger partial charge is 0.422 e. The number of ether oxygens (including phenoxy) is 1. The lowest BCUT2D eigenvalue weighted by molar-refractivity contribution is -0.153. The number of halogens is 3. The maximum Gasteiger partial charge on any atom is 0.422 e. The first-order valence-corrected chi connectivity index (χ1v) is 9.98. The number of fused-ring (bicyclic) bond motifs is 1. The standard InChI is InChI=1S/C21H26F3N5O3/c1-13-8-15(9-14(2)17(13)32-11-21(22,23)24)10-26(3)6-7-29-12-25-18-16(29)19(30)28(5)20(31)27(18)4/h8-9,12H,6-7,10-11H2,1-5H3. The predicted octanol–water partition coefficient (Wildman–Crippen LogP) is 2.12. The Morgan fingerprint density at radius 2 is 1.72 bits per heavy atom. The van der Waals surface area contributed by atoms with Crippen molar-refractivity contribution in [2.24, 2.45) is 14.1 Å². The van der Waals surface area contributed by atoms with Crippen molar-refractivity contribution in [3.63, 3.8) is 0 Å². The lowest BCUT2D eigenvalue weighted by Crippen LogP contribution is -2.37. The lowest BCUT2D eigenvalue weighted by atomic mass is 10.1. The molecular weight excluding hydrogens is 427 g/mol. The van der Waals surface area contributed by atoms with Gasteiger partial charge in [-0.25, -0.2) is 9.78 Å². The van der Waals surface area contributed by atoms with Crippen molar-refractivity contribution < 1.29 is 17.9 Å². The maximum atomic E-state index is 12.5. The highest BCUT2D eigenvalue weighted by molar-refractivity contribution is 5.69. The average Bonchev–Trinajstić information content (AvgIpc) is 3.12. The molecule has 2 heterocycles. The minimum Gasteiger partial charge on any atom is -0.484 e. The Labute approximate surface area is 182 Å². The normalized spacial score (nSPS) is 12.2. The van der Waals surface area contributed by atoms with Gasteiger partial charge < -0.3 is 14.2 Å². The maximum absolute atomic E-state index is 12.5. The second-order valence-electron chi connectivity index (χ2n) is 8.02. The molecule has 2 aromatic heterocycles. The molecule has 0 unspecified atom stereocenters. The number of nitrogens with zero attached hydrogens (tertiary/aromatic N) is 5. The molecule has 3 aromatic rings. The van der Waals surface area contributed by atoms with Crippen LogP contribution >= 0.6 is 0 Å². The van der Waals surface area contributed by atoms with Gasteiger partial charge in [-0.05, 0) is 37.6 Å². The molecule has 8 nitrogen and oxygen atoms in total. The van der Waals surface area contributed by atoms with E-state index in [9.17, 15) is 22.8 Å². The van der Waals surface area contributed by atoms with Crippen molar-refractivity contribution in [1.82, 2.24) is 23.6 Å². The quantitative estimate of drug-likeness (QED) is 0.548. The Bertz CT molecular complexity index is 1230. The van der Waals surface area contributed by atoms with E-state index in [4.69, 9.17) is 4.74 Å². The van der Waals surface area contributed by atoms with Crippen molar-refractivity contribution >= 4 is 11.2 Å². The molecule has 32 heavy (non-hydrogen) atoms. The van der Waals surface area contributed by atoms with E-state index >= 15 is 0 Å². The third-order valence-electron chi connectivity index (χ3n) is 5.29. The largest absolute Gasteiger partial charge is 0.484 e. The van der Waals surface area contributed by atoms with E-state index in [2.05, 4.69) is 4.98 Å². The molecule has 3 rings (SSSR count). The van der Waals surface area contributed by atoms with Gasteiger partial charge in [0.2, 0.25) is 0 Å². The number of rotatable bonds is 7. The fourth-order valence-electron chi connectivity index (χ4n) is 3.75. The summed E-state index contributed by atoms with van der Waals surface area (Å²) in [4.78, 5) is 30.8. The Balaban J connectivity index is 1.71. The fourth-order valence-corrected chi connectivity index (χ4v) is 3.75. The molecule has 0 saturated carbocycles. The second kappa shape index (κ2) is 8.81. The van der Waals surface area contributed by atoms with E-state index in [0.717, 1.165) is 10.1 Å². The number of hydrogen-bond donors (Lipinski definition) is 0. The number of alkyl halides is 3. The van der Waals surface area contributed by atoms with Crippen molar-refractivity contribution in [2.45, 2.75) is 33.1 Å². The molecular formula is C21H26F3N5O3. The summed E-state index contributed by atoms with van der Waals surface area (Å²) in [5.41, 5.74) is 2.09. The predicted molar refractivity (Wildman–Crippen MR) is 114 cm³/mol. The molecule has 0 N–H and O–H groups in total. The molecule has 1 aromatic carbocycles. The van der Waals surface area contributed by atoms with Crippen LogP contribution in [0.1, 0.15) is 16.7 Å². The van der Waals surface area contributed by atoms with Crippen LogP contribution in [0.15, 0.2) is 28.0 Å². The van der Waals surface area contributed by atoms with Gasteiger partial charge in [0, 0.05) is 33.7 Å². The summed E-state index contributed by atoms with van der Waals surface area (Å²) in [6.07, 6.45) is -2.84. The van der Waals surface area contributed by atoms with E-state index in [0.29, 0.717) is 41.9 Å². The summed E-state index contributed by atoms with van der Waals surface area (Å²) >= 11 is 0. The third-order valence-corrected chi connectivity index (χ3v) is 5.29. The van der Waals surface area contributed by atoms with Gasteiger partial charge in [-0.3, -0.25) is 13.9 Å². The monoisotopic (exact) mass is 453 g/mol. The summed E-state index contributed by atoms with van der Waals surface area (Å²) in [7, 11) is 4.91. The van der Waals surface area contributed by atoms with E-state index in [-0.39, 0.29) is 5.75 Å². The lowest BCUT2D eigenvalue weighted by Gasteiger charge is -2.20. The molecule has 0 saturated heterocycles. The number of aromatic nitrogens is 4. The van der Waals surface area contributed by atoms with Crippen LogP contribution in [0.4, 0.5) is 13.2 Å². The van der Waals surface area contributed by atoms with Crippen LogP contribution in [0, 0.1) is 13.8 Å². The van der Waals surface area contributed by atoms with Gasteiger partial charge in [-0.2, -0.15) is 13.2 Å². The van der Waals surface area contributed by atoms with Gasteiger partial charge in [0.1, 0.15) is 5.75 Å². The molecule has 0 aliphatic rings. The van der Waals surface area contributed by atoms with Crippen LogP contribution in [0.2, 0.25) is 0 Å². The molecule has 0 aliphatic carbocycles. The number of aryl methyl sites for hydroxylation is 3.